The lowest BCUT2D eigenvalue weighted by molar-refractivity contribution is 0.416. The van der Waals surface area contributed by atoms with E-state index >= 15 is 0 Å². The molecule has 0 heterocycles. The number of hydrogen-bond acceptors (Lipinski definition) is 2. The summed E-state index contributed by atoms with van der Waals surface area (Å²) < 4.78 is 5.37. The standard InChI is InChI=1S/C16H15NO/c1-11-6-12(2)8-14(7-11)15-9-13(10-17)4-5-16(15)18-3/h4-9H,1-3H3. The second-order valence-electron chi connectivity index (χ2n) is 4.40. The number of ether oxygens (including phenoxy) is 1. The summed E-state index contributed by atoms with van der Waals surface area (Å²) >= 11 is 0. The summed E-state index contributed by atoms with van der Waals surface area (Å²) in [6.07, 6.45) is 0. The third-order valence-electron chi connectivity index (χ3n) is 2.86. The van der Waals surface area contributed by atoms with Gasteiger partial charge in [0.15, 0.2) is 0 Å². The monoisotopic (exact) mass is 237 g/mol. The normalized spacial score (nSPS) is 9.89. The first-order chi connectivity index (χ1) is 8.63. The predicted molar refractivity (Wildman–Crippen MR) is 72.6 cm³/mol. The summed E-state index contributed by atoms with van der Waals surface area (Å²) in [4.78, 5) is 0. The minimum absolute atomic E-state index is 0.643. The molecule has 2 heteroatoms. The highest BCUT2D eigenvalue weighted by atomic mass is 16.5. The summed E-state index contributed by atoms with van der Waals surface area (Å²) in [7, 11) is 1.65. The second-order valence-corrected chi connectivity index (χ2v) is 4.40. The van der Waals surface area contributed by atoms with E-state index in [1.54, 1.807) is 13.2 Å². The Morgan fingerprint density at radius 3 is 2.22 bits per heavy atom. The van der Waals surface area contributed by atoms with Crippen LogP contribution < -0.4 is 4.74 Å². The molecule has 0 bridgehead atoms. The van der Waals surface area contributed by atoms with E-state index in [2.05, 4.69) is 38.1 Å². The number of aryl methyl sites for hydroxylation is 2. The van der Waals surface area contributed by atoms with Crippen LogP contribution in [0.1, 0.15) is 16.7 Å². The zero-order chi connectivity index (χ0) is 13.1. The molecule has 2 aromatic rings. The molecule has 0 aliphatic carbocycles. The fraction of sp³-hybridized carbons (Fsp3) is 0.188. The minimum Gasteiger partial charge on any atom is -0.496 e. The van der Waals surface area contributed by atoms with E-state index in [0.717, 1.165) is 16.9 Å². The number of rotatable bonds is 2. The van der Waals surface area contributed by atoms with Gasteiger partial charge in [-0.1, -0.05) is 29.3 Å². The van der Waals surface area contributed by atoms with Crippen molar-refractivity contribution >= 4 is 0 Å². The Bertz CT molecular complexity index is 603. The molecule has 2 aromatic carbocycles. The quantitative estimate of drug-likeness (QED) is 0.794. The van der Waals surface area contributed by atoms with Gasteiger partial charge in [-0.05, 0) is 37.6 Å². The van der Waals surface area contributed by atoms with Crippen LogP contribution in [0.3, 0.4) is 0 Å². The highest BCUT2D eigenvalue weighted by Crippen LogP contribution is 2.32. The van der Waals surface area contributed by atoms with Gasteiger partial charge in [0.25, 0.3) is 0 Å². The molecule has 2 rings (SSSR count). The number of hydrogen-bond donors (Lipinski definition) is 0. The number of benzene rings is 2. The van der Waals surface area contributed by atoms with Crippen molar-refractivity contribution in [3.05, 3.63) is 53.1 Å². The van der Waals surface area contributed by atoms with Crippen molar-refractivity contribution in [2.75, 3.05) is 7.11 Å². The number of nitriles is 1. The molecule has 90 valence electrons. The molecule has 0 aromatic heterocycles. The molecule has 0 atom stereocenters. The first-order valence-electron chi connectivity index (χ1n) is 5.81. The Balaban J connectivity index is 2.65. The molecule has 2 nitrogen and oxygen atoms in total. The summed E-state index contributed by atoms with van der Waals surface area (Å²) in [6, 6.07) is 14.0. The van der Waals surface area contributed by atoms with Crippen molar-refractivity contribution in [1.82, 2.24) is 0 Å². The Morgan fingerprint density at radius 1 is 1.00 bits per heavy atom. The van der Waals surface area contributed by atoms with Crippen LogP contribution in [-0.2, 0) is 0 Å². The van der Waals surface area contributed by atoms with Crippen molar-refractivity contribution in [3.63, 3.8) is 0 Å². The maximum atomic E-state index is 8.99. The molecular weight excluding hydrogens is 222 g/mol. The van der Waals surface area contributed by atoms with E-state index in [1.807, 2.05) is 12.1 Å². The van der Waals surface area contributed by atoms with Crippen LogP contribution in [0.25, 0.3) is 11.1 Å². The second kappa shape index (κ2) is 4.93. The first kappa shape index (κ1) is 12.2. The number of methoxy groups -OCH3 is 1. The van der Waals surface area contributed by atoms with Crippen molar-refractivity contribution in [2.45, 2.75) is 13.8 Å². The average molecular weight is 237 g/mol. The zero-order valence-electron chi connectivity index (χ0n) is 10.8. The molecule has 0 unspecified atom stereocenters. The van der Waals surface area contributed by atoms with Crippen LogP contribution >= 0.6 is 0 Å². The van der Waals surface area contributed by atoms with Gasteiger partial charge in [-0.15, -0.1) is 0 Å². The van der Waals surface area contributed by atoms with Crippen LogP contribution in [0.5, 0.6) is 5.75 Å². The molecule has 0 radical (unpaired) electrons. The summed E-state index contributed by atoms with van der Waals surface area (Å²) in [5.41, 5.74) is 5.10. The SMILES string of the molecule is COc1ccc(C#N)cc1-c1cc(C)cc(C)c1. The minimum atomic E-state index is 0.643. The third kappa shape index (κ3) is 2.36. The fourth-order valence-electron chi connectivity index (χ4n) is 2.13. The van der Waals surface area contributed by atoms with Gasteiger partial charge < -0.3 is 4.74 Å². The van der Waals surface area contributed by atoms with E-state index in [1.165, 1.54) is 11.1 Å². The maximum absolute atomic E-state index is 8.99. The third-order valence-corrected chi connectivity index (χ3v) is 2.86. The summed E-state index contributed by atoms with van der Waals surface area (Å²) in [6.45, 7) is 4.13. The van der Waals surface area contributed by atoms with Crippen molar-refractivity contribution in [2.24, 2.45) is 0 Å². The molecule has 0 aliphatic heterocycles. The molecule has 0 amide bonds. The van der Waals surface area contributed by atoms with Crippen LogP contribution in [0.2, 0.25) is 0 Å². The smallest absolute Gasteiger partial charge is 0.126 e. The molecule has 18 heavy (non-hydrogen) atoms. The van der Waals surface area contributed by atoms with E-state index < -0.39 is 0 Å². The van der Waals surface area contributed by atoms with Crippen molar-refractivity contribution in [1.29, 1.82) is 5.26 Å². The predicted octanol–water partition coefficient (Wildman–Crippen LogP) is 3.85. The number of nitrogens with zero attached hydrogens (tertiary/aromatic N) is 1. The first-order valence-corrected chi connectivity index (χ1v) is 5.81. The largest absolute Gasteiger partial charge is 0.496 e. The highest BCUT2D eigenvalue weighted by Gasteiger charge is 2.08. The Morgan fingerprint density at radius 2 is 1.67 bits per heavy atom. The molecule has 0 aliphatic rings. The van der Waals surface area contributed by atoms with E-state index in [-0.39, 0.29) is 0 Å². The summed E-state index contributed by atoms with van der Waals surface area (Å²) in [5.74, 6) is 0.791. The lowest BCUT2D eigenvalue weighted by Gasteiger charge is -2.10. The van der Waals surface area contributed by atoms with Crippen LogP contribution in [0, 0.1) is 25.2 Å². The Kier molecular flexibility index (Phi) is 3.34. The van der Waals surface area contributed by atoms with Gasteiger partial charge in [0.05, 0.1) is 18.7 Å². The van der Waals surface area contributed by atoms with Gasteiger partial charge in [0, 0.05) is 5.56 Å². The van der Waals surface area contributed by atoms with Crippen LogP contribution in [0.4, 0.5) is 0 Å². The highest BCUT2D eigenvalue weighted by molar-refractivity contribution is 5.73. The molecule has 0 N–H and O–H groups in total. The van der Waals surface area contributed by atoms with Gasteiger partial charge in [-0.2, -0.15) is 5.26 Å². The van der Waals surface area contributed by atoms with E-state index in [0.29, 0.717) is 5.56 Å². The van der Waals surface area contributed by atoms with E-state index in [9.17, 15) is 0 Å². The topological polar surface area (TPSA) is 33.0 Å². The summed E-state index contributed by atoms with van der Waals surface area (Å²) in [5, 5.41) is 8.99. The van der Waals surface area contributed by atoms with Gasteiger partial charge in [-0.3, -0.25) is 0 Å². The lowest BCUT2D eigenvalue weighted by atomic mass is 9.98. The Hall–Kier alpha value is -2.27. The molecule has 0 saturated heterocycles. The zero-order valence-corrected chi connectivity index (χ0v) is 10.8. The molecule has 0 spiro atoms. The van der Waals surface area contributed by atoms with E-state index in [4.69, 9.17) is 10.00 Å². The van der Waals surface area contributed by atoms with Gasteiger partial charge in [0.2, 0.25) is 0 Å². The van der Waals surface area contributed by atoms with Crippen LogP contribution in [0.15, 0.2) is 36.4 Å². The van der Waals surface area contributed by atoms with Gasteiger partial charge >= 0.3 is 0 Å². The average Bonchev–Trinajstić information content (AvgIpc) is 2.36. The van der Waals surface area contributed by atoms with Gasteiger partial charge in [0.1, 0.15) is 5.75 Å². The van der Waals surface area contributed by atoms with Gasteiger partial charge in [-0.25, -0.2) is 0 Å². The Labute approximate surface area is 107 Å². The van der Waals surface area contributed by atoms with Crippen molar-refractivity contribution < 1.29 is 4.74 Å². The van der Waals surface area contributed by atoms with Crippen molar-refractivity contribution in [3.8, 4) is 22.9 Å². The maximum Gasteiger partial charge on any atom is 0.126 e. The van der Waals surface area contributed by atoms with Crippen LogP contribution in [-0.4, -0.2) is 7.11 Å². The molecule has 0 fully saturated rings. The molecule has 0 saturated carbocycles. The fourth-order valence-corrected chi connectivity index (χ4v) is 2.13. The molecular formula is C16H15NO. The lowest BCUT2D eigenvalue weighted by Crippen LogP contribution is -1.90.